The molecule has 0 spiro atoms. The van der Waals surface area contributed by atoms with Crippen LogP contribution in [-0.2, 0) is 22.8 Å². The first kappa shape index (κ1) is 19.9. The SMILES string of the molecule is C[C@@H](OC(=O)c1cccn1C)C(=O)Nc1ccc([N+](=O)[O-])cc1C(F)(F)F. The number of non-ortho nitro benzene ring substituents is 1. The molecule has 1 aromatic carbocycles. The number of carbonyl (C=O) groups excluding carboxylic acids is 2. The minimum Gasteiger partial charge on any atom is -0.448 e. The lowest BCUT2D eigenvalue weighted by atomic mass is 10.1. The van der Waals surface area contributed by atoms with Crippen molar-refractivity contribution in [2.24, 2.45) is 7.05 Å². The molecular weight excluding hydrogens is 371 g/mol. The summed E-state index contributed by atoms with van der Waals surface area (Å²) >= 11 is 0. The van der Waals surface area contributed by atoms with Gasteiger partial charge in [-0.15, -0.1) is 0 Å². The molecule has 2 rings (SSSR count). The number of nitrogens with one attached hydrogen (secondary N) is 1. The third-order valence-electron chi connectivity index (χ3n) is 3.58. The van der Waals surface area contributed by atoms with Gasteiger partial charge in [-0.3, -0.25) is 14.9 Å². The molecule has 0 bridgehead atoms. The summed E-state index contributed by atoms with van der Waals surface area (Å²) in [5.74, 6) is -1.85. The van der Waals surface area contributed by atoms with E-state index in [0.29, 0.717) is 6.07 Å². The molecule has 0 saturated heterocycles. The second kappa shape index (κ2) is 7.48. The number of aryl methyl sites for hydroxylation is 1. The van der Waals surface area contributed by atoms with Gasteiger partial charge in [-0.2, -0.15) is 13.2 Å². The molecule has 11 heteroatoms. The number of anilines is 1. The van der Waals surface area contributed by atoms with Crippen molar-refractivity contribution in [2.75, 3.05) is 5.32 Å². The van der Waals surface area contributed by atoms with Crippen LogP contribution in [0, 0.1) is 10.1 Å². The number of aromatic nitrogens is 1. The molecule has 1 heterocycles. The van der Waals surface area contributed by atoms with Crippen molar-refractivity contribution >= 4 is 23.3 Å². The van der Waals surface area contributed by atoms with Crippen LogP contribution in [0.2, 0.25) is 0 Å². The standard InChI is InChI=1S/C16H14F3N3O5/c1-9(27-15(24)13-4-3-7-21(13)2)14(23)20-12-6-5-10(22(25)26)8-11(12)16(17,18)19/h3-9H,1-2H3,(H,20,23)/t9-/m1/s1. The maximum atomic E-state index is 13.1. The van der Waals surface area contributed by atoms with Gasteiger partial charge in [0.05, 0.1) is 16.2 Å². The van der Waals surface area contributed by atoms with Gasteiger partial charge in [0.1, 0.15) is 5.69 Å². The minimum absolute atomic E-state index is 0.154. The zero-order chi connectivity index (χ0) is 20.4. The Morgan fingerprint density at radius 2 is 1.96 bits per heavy atom. The van der Waals surface area contributed by atoms with Crippen LogP contribution in [0.3, 0.4) is 0 Å². The summed E-state index contributed by atoms with van der Waals surface area (Å²) in [5.41, 5.74) is -2.68. The first-order valence-electron chi connectivity index (χ1n) is 7.49. The van der Waals surface area contributed by atoms with E-state index in [-0.39, 0.29) is 5.69 Å². The second-order valence-corrected chi connectivity index (χ2v) is 5.53. The molecule has 144 valence electrons. The van der Waals surface area contributed by atoms with Gasteiger partial charge in [-0.25, -0.2) is 4.79 Å². The Labute approximate surface area is 150 Å². The zero-order valence-electron chi connectivity index (χ0n) is 14.1. The van der Waals surface area contributed by atoms with E-state index in [2.05, 4.69) is 0 Å². The molecule has 1 atom stereocenters. The first-order valence-corrected chi connectivity index (χ1v) is 7.49. The smallest absolute Gasteiger partial charge is 0.418 e. The predicted octanol–water partition coefficient (Wildman–Crippen LogP) is 3.14. The zero-order valence-corrected chi connectivity index (χ0v) is 14.1. The summed E-state index contributed by atoms with van der Waals surface area (Å²) < 4.78 is 45.8. The van der Waals surface area contributed by atoms with Crippen molar-refractivity contribution in [3.05, 3.63) is 57.9 Å². The van der Waals surface area contributed by atoms with Gasteiger partial charge in [0, 0.05) is 25.4 Å². The molecule has 0 aliphatic rings. The molecule has 2 aromatic rings. The number of nitrogens with zero attached hydrogens (tertiary/aromatic N) is 2. The molecule has 0 saturated carbocycles. The van der Waals surface area contributed by atoms with Crippen LogP contribution in [0.4, 0.5) is 24.5 Å². The minimum atomic E-state index is -4.93. The summed E-state index contributed by atoms with van der Waals surface area (Å²) in [5, 5.41) is 12.7. The maximum absolute atomic E-state index is 13.1. The van der Waals surface area contributed by atoms with Crippen LogP contribution >= 0.6 is 0 Å². The van der Waals surface area contributed by atoms with E-state index >= 15 is 0 Å². The Hall–Kier alpha value is -3.37. The summed E-state index contributed by atoms with van der Waals surface area (Å²) in [7, 11) is 1.58. The van der Waals surface area contributed by atoms with Crippen LogP contribution in [0.5, 0.6) is 0 Å². The highest BCUT2D eigenvalue weighted by Crippen LogP contribution is 2.37. The Balaban J connectivity index is 2.18. The van der Waals surface area contributed by atoms with Crippen molar-refractivity contribution < 1.29 is 32.4 Å². The number of esters is 1. The fourth-order valence-electron chi connectivity index (χ4n) is 2.17. The Morgan fingerprint density at radius 1 is 1.30 bits per heavy atom. The molecule has 8 nitrogen and oxygen atoms in total. The van der Waals surface area contributed by atoms with E-state index < -0.39 is 46.0 Å². The fourth-order valence-corrected chi connectivity index (χ4v) is 2.17. The van der Waals surface area contributed by atoms with E-state index in [0.717, 1.165) is 12.1 Å². The number of nitro groups is 1. The van der Waals surface area contributed by atoms with E-state index in [1.165, 1.54) is 17.6 Å². The van der Waals surface area contributed by atoms with Gasteiger partial charge < -0.3 is 14.6 Å². The summed E-state index contributed by atoms with van der Waals surface area (Å²) in [6, 6.07) is 4.94. The van der Waals surface area contributed by atoms with Crippen molar-refractivity contribution in [1.82, 2.24) is 4.57 Å². The highest BCUT2D eigenvalue weighted by atomic mass is 19.4. The van der Waals surface area contributed by atoms with E-state index in [1.807, 2.05) is 5.32 Å². The average molecular weight is 385 g/mol. The number of rotatable bonds is 5. The highest BCUT2D eigenvalue weighted by molar-refractivity contribution is 5.97. The van der Waals surface area contributed by atoms with Crippen molar-refractivity contribution in [2.45, 2.75) is 19.2 Å². The molecule has 1 aromatic heterocycles. The number of carbonyl (C=O) groups is 2. The van der Waals surface area contributed by atoms with Crippen LogP contribution in [-0.4, -0.2) is 27.5 Å². The van der Waals surface area contributed by atoms with Crippen LogP contribution in [0.15, 0.2) is 36.5 Å². The van der Waals surface area contributed by atoms with Gasteiger partial charge in [-0.1, -0.05) is 0 Å². The van der Waals surface area contributed by atoms with Gasteiger partial charge >= 0.3 is 12.1 Å². The molecule has 1 N–H and O–H groups in total. The molecule has 0 unspecified atom stereocenters. The van der Waals surface area contributed by atoms with Crippen LogP contribution in [0.25, 0.3) is 0 Å². The average Bonchev–Trinajstić information content (AvgIpc) is 3.00. The second-order valence-electron chi connectivity index (χ2n) is 5.53. The number of nitro benzene ring substituents is 1. The Bertz CT molecular complexity index is 892. The highest BCUT2D eigenvalue weighted by Gasteiger charge is 2.36. The quantitative estimate of drug-likeness (QED) is 0.484. The van der Waals surface area contributed by atoms with Gasteiger partial charge in [-0.05, 0) is 25.1 Å². The van der Waals surface area contributed by atoms with E-state index in [9.17, 15) is 32.9 Å². The molecule has 27 heavy (non-hydrogen) atoms. The van der Waals surface area contributed by atoms with Crippen LogP contribution < -0.4 is 5.32 Å². The van der Waals surface area contributed by atoms with Gasteiger partial charge in [0.15, 0.2) is 6.10 Å². The molecule has 1 amide bonds. The van der Waals surface area contributed by atoms with Crippen molar-refractivity contribution in [3.63, 3.8) is 0 Å². The molecule has 0 aliphatic carbocycles. The lowest BCUT2D eigenvalue weighted by Crippen LogP contribution is -2.31. The summed E-state index contributed by atoms with van der Waals surface area (Å²) in [4.78, 5) is 33.8. The Morgan fingerprint density at radius 3 is 2.48 bits per heavy atom. The monoisotopic (exact) mass is 385 g/mol. The number of amides is 1. The van der Waals surface area contributed by atoms with E-state index in [1.54, 1.807) is 19.3 Å². The molecule has 0 fully saturated rings. The molecular formula is C16H14F3N3O5. The first-order chi connectivity index (χ1) is 12.5. The topological polar surface area (TPSA) is 103 Å². The van der Waals surface area contributed by atoms with Gasteiger partial charge in [0.25, 0.3) is 11.6 Å². The van der Waals surface area contributed by atoms with Crippen molar-refractivity contribution in [1.29, 1.82) is 0 Å². The third kappa shape index (κ3) is 4.63. The maximum Gasteiger partial charge on any atom is 0.418 e. The Kier molecular flexibility index (Phi) is 5.52. The fraction of sp³-hybridized carbons (Fsp3) is 0.250. The third-order valence-corrected chi connectivity index (χ3v) is 3.58. The van der Waals surface area contributed by atoms with Gasteiger partial charge in [0.2, 0.25) is 0 Å². The van der Waals surface area contributed by atoms with Crippen molar-refractivity contribution in [3.8, 4) is 0 Å². The lowest BCUT2D eigenvalue weighted by Gasteiger charge is -2.17. The normalized spacial score (nSPS) is 12.3. The molecule has 0 aliphatic heterocycles. The predicted molar refractivity (Wildman–Crippen MR) is 87.0 cm³/mol. The number of ether oxygens (including phenoxy) is 1. The van der Waals surface area contributed by atoms with Crippen LogP contribution in [0.1, 0.15) is 23.0 Å². The number of hydrogen-bond acceptors (Lipinski definition) is 5. The molecule has 0 radical (unpaired) electrons. The number of alkyl halides is 3. The summed E-state index contributed by atoms with van der Waals surface area (Å²) in [6.45, 7) is 1.19. The number of hydrogen-bond donors (Lipinski definition) is 1. The number of benzene rings is 1. The largest absolute Gasteiger partial charge is 0.448 e. The van der Waals surface area contributed by atoms with E-state index in [4.69, 9.17) is 4.74 Å². The number of halogens is 3. The summed E-state index contributed by atoms with van der Waals surface area (Å²) in [6.07, 6.45) is -4.76. The lowest BCUT2D eigenvalue weighted by molar-refractivity contribution is -0.385.